The van der Waals surface area contributed by atoms with Gasteiger partial charge in [-0.2, -0.15) is 0 Å². The smallest absolute Gasteiger partial charge is 0.335 e. The van der Waals surface area contributed by atoms with Gasteiger partial charge >= 0.3 is 5.97 Å². The monoisotopic (exact) mass is 335 g/mol. The number of carbonyl (C=O) groups is 2. The number of amides is 1. The Morgan fingerprint density at radius 1 is 1.04 bits per heavy atom. The lowest BCUT2D eigenvalue weighted by atomic mass is 9.93. The molecule has 1 aliphatic heterocycles. The standard InChI is InChI=1S/C21H21NO3/c23-20(12-15-9-8-14-4-1-2-6-17(14)15)22-11-10-18-16(13-22)5-3-7-19(18)21(24)25/h1-7,15H,8-13H2,(H,24,25). The largest absolute Gasteiger partial charge is 0.478 e. The first kappa shape index (κ1) is 15.9. The topological polar surface area (TPSA) is 57.6 Å². The van der Waals surface area contributed by atoms with E-state index in [1.165, 1.54) is 11.1 Å². The Balaban J connectivity index is 1.48. The minimum absolute atomic E-state index is 0.174. The third-order valence-electron chi connectivity index (χ3n) is 5.53. The Morgan fingerprint density at radius 3 is 2.68 bits per heavy atom. The van der Waals surface area contributed by atoms with Gasteiger partial charge in [-0.25, -0.2) is 4.79 Å². The summed E-state index contributed by atoms with van der Waals surface area (Å²) in [5, 5.41) is 9.32. The van der Waals surface area contributed by atoms with Crippen LogP contribution in [0.4, 0.5) is 0 Å². The summed E-state index contributed by atoms with van der Waals surface area (Å²) < 4.78 is 0. The molecule has 2 aromatic carbocycles. The van der Waals surface area contributed by atoms with Gasteiger partial charge in [0.1, 0.15) is 0 Å². The average Bonchev–Trinajstić information content (AvgIpc) is 3.03. The summed E-state index contributed by atoms with van der Waals surface area (Å²) in [5.41, 5.74) is 4.91. The van der Waals surface area contributed by atoms with E-state index in [-0.39, 0.29) is 5.91 Å². The molecule has 1 N–H and O–H groups in total. The molecule has 1 atom stereocenters. The summed E-state index contributed by atoms with van der Waals surface area (Å²) >= 11 is 0. The number of carbonyl (C=O) groups excluding carboxylic acids is 1. The maximum Gasteiger partial charge on any atom is 0.335 e. The van der Waals surface area contributed by atoms with Gasteiger partial charge in [0.05, 0.1) is 5.56 Å². The van der Waals surface area contributed by atoms with Gasteiger partial charge < -0.3 is 10.0 Å². The number of hydrogen-bond donors (Lipinski definition) is 1. The first-order valence-electron chi connectivity index (χ1n) is 8.83. The van der Waals surface area contributed by atoms with Crippen LogP contribution in [0.15, 0.2) is 42.5 Å². The fourth-order valence-corrected chi connectivity index (χ4v) is 4.22. The summed E-state index contributed by atoms with van der Waals surface area (Å²) in [7, 11) is 0. The van der Waals surface area contributed by atoms with E-state index in [0.717, 1.165) is 24.0 Å². The zero-order chi connectivity index (χ0) is 17.4. The highest BCUT2D eigenvalue weighted by molar-refractivity contribution is 5.90. The molecule has 0 aromatic heterocycles. The molecule has 0 bridgehead atoms. The third kappa shape index (κ3) is 2.93. The van der Waals surface area contributed by atoms with Gasteiger partial charge in [0.2, 0.25) is 5.91 Å². The molecule has 2 aromatic rings. The number of nitrogens with zero attached hydrogens (tertiary/aromatic N) is 1. The van der Waals surface area contributed by atoms with Gasteiger partial charge in [0.25, 0.3) is 0 Å². The number of benzene rings is 2. The van der Waals surface area contributed by atoms with Crippen LogP contribution in [0, 0.1) is 0 Å². The summed E-state index contributed by atoms with van der Waals surface area (Å²) in [6.45, 7) is 1.12. The van der Waals surface area contributed by atoms with Crippen LogP contribution in [0.2, 0.25) is 0 Å². The van der Waals surface area contributed by atoms with E-state index < -0.39 is 5.97 Å². The summed E-state index contributed by atoms with van der Waals surface area (Å²) in [4.78, 5) is 26.0. The molecule has 4 rings (SSSR count). The number of rotatable bonds is 3. The maximum atomic E-state index is 12.8. The third-order valence-corrected chi connectivity index (χ3v) is 5.53. The molecule has 0 fully saturated rings. The lowest BCUT2D eigenvalue weighted by molar-refractivity contribution is -0.132. The van der Waals surface area contributed by atoms with Crippen molar-refractivity contribution in [1.29, 1.82) is 0 Å². The van der Waals surface area contributed by atoms with Crippen molar-refractivity contribution >= 4 is 11.9 Å². The second kappa shape index (κ2) is 6.36. The zero-order valence-electron chi connectivity index (χ0n) is 14.1. The average molecular weight is 335 g/mol. The molecule has 1 aliphatic carbocycles. The molecule has 1 amide bonds. The van der Waals surface area contributed by atoms with Crippen LogP contribution in [-0.2, 0) is 24.2 Å². The number of fused-ring (bicyclic) bond motifs is 2. The first-order chi connectivity index (χ1) is 12.1. The SMILES string of the molecule is O=C(O)c1cccc2c1CCN(C(=O)CC1CCc3ccccc31)C2. The lowest BCUT2D eigenvalue weighted by Crippen LogP contribution is -2.37. The first-order valence-corrected chi connectivity index (χ1v) is 8.83. The molecule has 0 spiro atoms. The predicted molar refractivity (Wildman–Crippen MR) is 94.6 cm³/mol. The Hall–Kier alpha value is -2.62. The fraction of sp³-hybridized carbons (Fsp3) is 0.333. The lowest BCUT2D eigenvalue weighted by Gasteiger charge is -2.30. The van der Waals surface area contributed by atoms with E-state index in [2.05, 4.69) is 18.2 Å². The minimum atomic E-state index is -0.890. The zero-order valence-corrected chi connectivity index (χ0v) is 14.1. The Kier molecular flexibility index (Phi) is 4.04. The molecular formula is C21H21NO3. The molecular weight excluding hydrogens is 314 g/mol. The summed E-state index contributed by atoms with van der Waals surface area (Å²) in [5.74, 6) is -0.400. The Labute approximate surface area is 147 Å². The van der Waals surface area contributed by atoms with E-state index in [4.69, 9.17) is 0 Å². The van der Waals surface area contributed by atoms with Gasteiger partial charge in [-0.1, -0.05) is 36.4 Å². The highest BCUT2D eigenvalue weighted by atomic mass is 16.4. The quantitative estimate of drug-likeness (QED) is 0.935. The molecule has 1 unspecified atom stereocenters. The van der Waals surface area contributed by atoms with Crippen molar-refractivity contribution < 1.29 is 14.7 Å². The van der Waals surface area contributed by atoms with Crippen LogP contribution in [0.25, 0.3) is 0 Å². The van der Waals surface area contributed by atoms with Crippen LogP contribution >= 0.6 is 0 Å². The number of aryl methyl sites for hydroxylation is 1. The van der Waals surface area contributed by atoms with Crippen LogP contribution in [0.1, 0.15) is 51.4 Å². The minimum Gasteiger partial charge on any atom is -0.478 e. The van der Waals surface area contributed by atoms with E-state index in [1.54, 1.807) is 12.1 Å². The van der Waals surface area contributed by atoms with Crippen LogP contribution in [0.5, 0.6) is 0 Å². The van der Waals surface area contributed by atoms with Crippen molar-refractivity contribution in [2.75, 3.05) is 6.54 Å². The van der Waals surface area contributed by atoms with Crippen LogP contribution in [0.3, 0.4) is 0 Å². The fourth-order valence-electron chi connectivity index (χ4n) is 4.22. The number of carboxylic acid groups (broad SMARTS) is 1. The van der Waals surface area contributed by atoms with E-state index in [0.29, 0.717) is 37.4 Å². The molecule has 0 saturated heterocycles. The van der Waals surface area contributed by atoms with Gasteiger partial charge in [-0.05, 0) is 53.5 Å². The second-order valence-electron chi connectivity index (χ2n) is 6.95. The van der Waals surface area contributed by atoms with Gasteiger partial charge in [0, 0.05) is 19.5 Å². The van der Waals surface area contributed by atoms with Crippen molar-refractivity contribution in [1.82, 2.24) is 4.90 Å². The Bertz CT molecular complexity index is 843. The molecule has 0 saturated carbocycles. The summed E-state index contributed by atoms with van der Waals surface area (Å²) in [6, 6.07) is 13.8. The van der Waals surface area contributed by atoms with Crippen molar-refractivity contribution in [2.24, 2.45) is 0 Å². The molecule has 1 heterocycles. The normalized spacial score (nSPS) is 18.6. The van der Waals surface area contributed by atoms with Crippen molar-refractivity contribution in [3.05, 3.63) is 70.3 Å². The number of hydrogen-bond acceptors (Lipinski definition) is 2. The molecule has 0 radical (unpaired) electrons. The molecule has 25 heavy (non-hydrogen) atoms. The van der Waals surface area contributed by atoms with Crippen LogP contribution < -0.4 is 0 Å². The number of aromatic carboxylic acids is 1. The van der Waals surface area contributed by atoms with Crippen molar-refractivity contribution in [3.8, 4) is 0 Å². The number of carboxylic acids is 1. The highest BCUT2D eigenvalue weighted by Crippen LogP contribution is 2.36. The second-order valence-corrected chi connectivity index (χ2v) is 6.95. The van der Waals surface area contributed by atoms with Crippen molar-refractivity contribution in [3.63, 3.8) is 0 Å². The maximum absolute atomic E-state index is 12.8. The van der Waals surface area contributed by atoms with Crippen LogP contribution in [-0.4, -0.2) is 28.4 Å². The van der Waals surface area contributed by atoms with E-state index in [1.807, 2.05) is 17.0 Å². The molecule has 2 aliphatic rings. The van der Waals surface area contributed by atoms with Gasteiger partial charge in [-0.15, -0.1) is 0 Å². The summed E-state index contributed by atoms with van der Waals surface area (Å²) in [6.07, 6.45) is 3.26. The Morgan fingerprint density at radius 2 is 1.84 bits per heavy atom. The van der Waals surface area contributed by atoms with Gasteiger partial charge in [0.15, 0.2) is 0 Å². The van der Waals surface area contributed by atoms with Gasteiger partial charge in [-0.3, -0.25) is 4.79 Å². The molecule has 128 valence electrons. The predicted octanol–water partition coefficient (Wildman–Crippen LogP) is 3.39. The highest BCUT2D eigenvalue weighted by Gasteiger charge is 2.29. The molecule has 4 heteroatoms. The molecule has 4 nitrogen and oxygen atoms in total. The van der Waals surface area contributed by atoms with E-state index in [9.17, 15) is 14.7 Å². The van der Waals surface area contributed by atoms with Crippen molar-refractivity contribution in [2.45, 2.75) is 38.1 Å². The van der Waals surface area contributed by atoms with E-state index >= 15 is 0 Å².